The van der Waals surface area contributed by atoms with Crippen LogP contribution in [0.2, 0.25) is 0 Å². The summed E-state index contributed by atoms with van der Waals surface area (Å²) in [5, 5.41) is 9.98. The van der Waals surface area contributed by atoms with Crippen LogP contribution in [0.4, 0.5) is 0 Å². The minimum absolute atomic E-state index is 0.339. The molecule has 0 atom stereocenters. The number of benzene rings is 1. The van der Waals surface area contributed by atoms with Gasteiger partial charge in [-0.25, -0.2) is 9.78 Å². The van der Waals surface area contributed by atoms with Gasteiger partial charge in [-0.1, -0.05) is 30.3 Å². The second kappa shape index (κ2) is 5.67. The Bertz CT molecular complexity index is 640. The van der Waals surface area contributed by atoms with Crippen LogP contribution in [-0.4, -0.2) is 16.1 Å². The zero-order valence-electron chi connectivity index (χ0n) is 11.0. The number of aromatic nitrogens is 1. The Balaban J connectivity index is 1.86. The van der Waals surface area contributed by atoms with Gasteiger partial charge in [0.1, 0.15) is 5.03 Å². The maximum atomic E-state index is 11.4. The summed E-state index contributed by atoms with van der Waals surface area (Å²) in [6.45, 7) is 0. The number of carboxylic acid groups (broad SMARTS) is 1. The predicted octanol–water partition coefficient (Wildman–Crippen LogP) is 3.56. The van der Waals surface area contributed by atoms with Crippen molar-refractivity contribution in [2.45, 2.75) is 30.0 Å². The van der Waals surface area contributed by atoms with E-state index in [1.54, 1.807) is 0 Å². The van der Waals surface area contributed by atoms with Crippen LogP contribution in [0.25, 0.3) is 0 Å². The highest BCUT2D eigenvalue weighted by Crippen LogP contribution is 2.30. The zero-order valence-corrected chi connectivity index (χ0v) is 11.8. The van der Waals surface area contributed by atoms with Gasteiger partial charge >= 0.3 is 5.97 Å². The molecule has 1 aliphatic rings. The van der Waals surface area contributed by atoms with E-state index in [2.05, 4.69) is 4.98 Å². The molecule has 0 fully saturated rings. The highest BCUT2D eigenvalue weighted by atomic mass is 32.2. The third kappa shape index (κ3) is 2.70. The lowest BCUT2D eigenvalue weighted by atomic mass is 10.1. The maximum absolute atomic E-state index is 11.4. The first-order valence-corrected chi connectivity index (χ1v) is 7.65. The largest absolute Gasteiger partial charge is 0.478 e. The summed E-state index contributed by atoms with van der Waals surface area (Å²) in [5.41, 5.74) is 3.69. The normalized spacial score (nSPS) is 13.2. The van der Waals surface area contributed by atoms with Gasteiger partial charge in [0.2, 0.25) is 0 Å². The standard InChI is InChI=1S/C16H15NO2S/c18-16(19)13-9-12-7-4-8-14(12)17-15(13)20-10-11-5-2-1-3-6-11/h1-3,5-6,9H,4,7-8,10H2,(H,18,19). The Morgan fingerprint density at radius 2 is 2.05 bits per heavy atom. The Morgan fingerprint density at radius 1 is 1.25 bits per heavy atom. The van der Waals surface area contributed by atoms with Crippen molar-refractivity contribution in [2.24, 2.45) is 0 Å². The molecule has 4 heteroatoms. The minimum atomic E-state index is -0.886. The number of carboxylic acids is 1. The predicted molar refractivity (Wildman–Crippen MR) is 79.2 cm³/mol. The van der Waals surface area contributed by atoms with E-state index in [9.17, 15) is 9.90 Å². The molecule has 0 saturated carbocycles. The fourth-order valence-electron chi connectivity index (χ4n) is 2.44. The molecule has 1 heterocycles. The fraction of sp³-hybridized carbons (Fsp3) is 0.250. The van der Waals surface area contributed by atoms with Crippen molar-refractivity contribution in [3.05, 3.63) is 58.8 Å². The van der Waals surface area contributed by atoms with Crippen LogP contribution in [-0.2, 0) is 18.6 Å². The Morgan fingerprint density at radius 3 is 2.80 bits per heavy atom. The van der Waals surface area contributed by atoms with Gasteiger partial charge in [-0.2, -0.15) is 0 Å². The average Bonchev–Trinajstić information content (AvgIpc) is 2.92. The number of hydrogen-bond acceptors (Lipinski definition) is 3. The van der Waals surface area contributed by atoms with Crippen LogP contribution in [0.3, 0.4) is 0 Å². The number of aryl methyl sites for hydroxylation is 2. The van der Waals surface area contributed by atoms with Crippen LogP contribution >= 0.6 is 11.8 Å². The molecule has 0 radical (unpaired) electrons. The molecule has 0 unspecified atom stereocenters. The topological polar surface area (TPSA) is 50.2 Å². The number of fused-ring (bicyclic) bond motifs is 1. The molecular weight excluding hydrogens is 270 g/mol. The first-order chi connectivity index (χ1) is 9.74. The van der Waals surface area contributed by atoms with Gasteiger partial charge in [0.15, 0.2) is 0 Å². The summed E-state index contributed by atoms with van der Waals surface area (Å²) < 4.78 is 0. The lowest BCUT2D eigenvalue weighted by Gasteiger charge is -2.08. The highest BCUT2D eigenvalue weighted by molar-refractivity contribution is 7.98. The molecule has 0 bridgehead atoms. The molecule has 1 aliphatic carbocycles. The lowest BCUT2D eigenvalue weighted by molar-refractivity contribution is 0.0692. The lowest BCUT2D eigenvalue weighted by Crippen LogP contribution is -2.04. The molecule has 0 aliphatic heterocycles. The molecule has 20 heavy (non-hydrogen) atoms. The molecule has 1 aromatic carbocycles. The van der Waals surface area contributed by atoms with E-state index >= 15 is 0 Å². The summed E-state index contributed by atoms with van der Waals surface area (Å²) in [5.74, 6) is -0.143. The van der Waals surface area contributed by atoms with Crippen LogP contribution in [0.5, 0.6) is 0 Å². The molecule has 2 aromatic rings. The Kier molecular flexibility index (Phi) is 3.74. The summed E-state index contributed by atoms with van der Waals surface area (Å²) in [7, 11) is 0. The van der Waals surface area contributed by atoms with Gasteiger partial charge < -0.3 is 5.11 Å². The van der Waals surface area contributed by atoms with Crippen molar-refractivity contribution in [1.29, 1.82) is 0 Å². The van der Waals surface area contributed by atoms with Crippen LogP contribution in [0.15, 0.2) is 41.4 Å². The molecular formula is C16H15NO2S. The van der Waals surface area contributed by atoms with Crippen LogP contribution < -0.4 is 0 Å². The molecule has 0 amide bonds. The number of nitrogens with zero attached hydrogens (tertiary/aromatic N) is 1. The number of thioether (sulfide) groups is 1. The highest BCUT2D eigenvalue weighted by Gasteiger charge is 2.20. The number of carbonyl (C=O) groups is 1. The smallest absolute Gasteiger partial charge is 0.338 e. The quantitative estimate of drug-likeness (QED) is 0.873. The average molecular weight is 285 g/mol. The minimum Gasteiger partial charge on any atom is -0.478 e. The summed E-state index contributed by atoms with van der Waals surface area (Å²) in [6, 6.07) is 11.9. The number of aromatic carboxylic acids is 1. The number of rotatable bonds is 4. The molecule has 1 aromatic heterocycles. The van der Waals surface area contributed by atoms with E-state index in [-0.39, 0.29) is 0 Å². The molecule has 102 valence electrons. The van der Waals surface area contributed by atoms with E-state index in [0.717, 1.165) is 36.3 Å². The third-order valence-corrected chi connectivity index (χ3v) is 4.53. The molecule has 1 N–H and O–H groups in total. The van der Waals surface area contributed by atoms with Gasteiger partial charge in [0.25, 0.3) is 0 Å². The van der Waals surface area contributed by atoms with Crippen molar-refractivity contribution in [1.82, 2.24) is 4.98 Å². The van der Waals surface area contributed by atoms with Crippen molar-refractivity contribution in [2.75, 3.05) is 0 Å². The van der Waals surface area contributed by atoms with Crippen molar-refractivity contribution >= 4 is 17.7 Å². The summed E-state index contributed by atoms with van der Waals surface area (Å²) in [4.78, 5) is 16.0. The number of hydrogen-bond donors (Lipinski definition) is 1. The Labute approximate surface area is 122 Å². The van der Waals surface area contributed by atoms with Crippen molar-refractivity contribution < 1.29 is 9.90 Å². The first-order valence-electron chi connectivity index (χ1n) is 6.67. The Hall–Kier alpha value is -1.81. The van der Waals surface area contributed by atoms with Gasteiger partial charge in [0.05, 0.1) is 5.56 Å². The monoisotopic (exact) mass is 285 g/mol. The van der Waals surface area contributed by atoms with Gasteiger partial charge in [-0.05, 0) is 36.5 Å². The van der Waals surface area contributed by atoms with E-state index in [1.165, 1.54) is 17.3 Å². The van der Waals surface area contributed by atoms with E-state index in [0.29, 0.717) is 10.6 Å². The van der Waals surface area contributed by atoms with Crippen LogP contribution in [0.1, 0.15) is 33.6 Å². The van der Waals surface area contributed by atoms with Crippen molar-refractivity contribution in [3.8, 4) is 0 Å². The molecule has 0 spiro atoms. The van der Waals surface area contributed by atoms with E-state index < -0.39 is 5.97 Å². The van der Waals surface area contributed by atoms with Crippen molar-refractivity contribution in [3.63, 3.8) is 0 Å². The molecule has 0 saturated heterocycles. The van der Waals surface area contributed by atoms with Gasteiger partial charge in [-0.3, -0.25) is 0 Å². The van der Waals surface area contributed by atoms with Gasteiger partial charge in [0, 0.05) is 11.4 Å². The third-order valence-electron chi connectivity index (χ3n) is 3.46. The van der Waals surface area contributed by atoms with E-state index in [4.69, 9.17) is 0 Å². The first kappa shape index (κ1) is 13.2. The maximum Gasteiger partial charge on any atom is 0.338 e. The fourth-order valence-corrected chi connectivity index (χ4v) is 3.41. The SMILES string of the molecule is O=C(O)c1cc2c(nc1SCc1ccccc1)CCC2. The molecule has 3 nitrogen and oxygen atoms in total. The second-order valence-electron chi connectivity index (χ2n) is 4.88. The number of pyridine rings is 1. The van der Waals surface area contributed by atoms with Gasteiger partial charge in [-0.15, -0.1) is 11.8 Å². The second-order valence-corrected chi connectivity index (χ2v) is 5.84. The zero-order chi connectivity index (χ0) is 13.9. The van der Waals surface area contributed by atoms with Crippen LogP contribution in [0, 0.1) is 0 Å². The van der Waals surface area contributed by atoms with E-state index in [1.807, 2.05) is 36.4 Å². The summed E-state index contributed by atoms with van der Waals surface area (Å²) >= 11 is 1.50. The molecule has 3 rings (SSSR count). The summed E-state index contributed by atoms with van der Waals surface area (Å²) in [6.07, 6.45) is 2.99.